The molecular weight excluding hydrogens is 205 g/mol. The summed E-state index contributed by atoms with van der Waals surface area (Å²) in [5, 5.41) is 0. The van der Waals surface area contributed by atoms with Crippen LogP contribution in [0.15, 0.2) is 24.3 Å². The van der Waals surface area contributed by atoms with Crippen LogP contribution in [0.3, 0.4) is 0 Å². The summed E-state index contributed by atoms with van der Waals surface area (Å²) in [7, 11) is 0. The van der Waals surface area contributed by atoms with E-state index in [1.54, 1.807) is 12.1 Å². The first kappa shape index (κ1) is 11.3. The van der Waals surface area contributed by atoms with Gasteiger partial charge in [-0.15, -0.1) is 0 Å². The molecule has 1 aliphatic rings. The number of carbonyl (C=O) groups is 1. The number of ketones is 1. The molecule has 2 N–H and O–H groups in total. The second kappa shape index (κ2) is 4.74. The Morgan fingerprint density at radius 3 is 2.94 bits per heavy atom. The first-order chi connectivity index (χ1) is 7.72. The number of Topliss-reactive ketones (excluding diaryl/α,β-unsaturated/α-hetero) is 1. The number of carbonyl (C=O) groups excluding carboxylic acids is 1. The molecule has 0 heterocycles. The summed E-state index contributed by atoms with van der Waals surface area (Å²) >= 11 is 0. The number of hydrogen-bond acceptors (Lipinski definition) is 2. The Hall–Kier alpha value is -1.22. The average molecular weight is 221 g/mol. The maximum Gasteiger partial charge on any atom is 0.166 e. The molecule has 3 heteroatoms. The molecule has 1 aromatic rings. The number of nitrogens with two attached hydrogens (primary N) is 1. The van der Waals surface area contributed by atoms with Crippen LogP contribution >= 0.6 is 0 Å². The highest BCUT2D eigenvalue weighted by atomic mass is 19.1. The lowest BCUT2D eigenvalue weighted by Gasteiger charge is -2.16. The van der Waals surface area contributed by atoms with Gasteiger partial charge in [-0.3, -0.25) is 4.79 Å². The Balaban J connectivity index is 2.18. The van der Waals surface area contributed by atoms with E-state index in [1.807, 2.05) is 0 Å². The van der Waals surface area contributed by atoms with Gasteiger partial charge in [0.25, 0.3) is 0 Å². The van der Waals surface area contributed by atoms with Crippen molar-refractivity contribution in [2.75, 3.05) is 6.54 Å². The average Bonchev–Trinajstić information content (AvgIpc) is 2.76. The minimum Gasteiger partial charge on any atom is -0.330 e. The second-order valence-electron chi connectivity index (χ2n) is 4.41. The van der Waals surface area contributed by atoms with Gasteiger partial charge < -0.3 is 5.73 Å². The van der Waals surface area contributed by atoms with E-state index in [0.29, 0.717) is 12.1 Å². The van der Waals surface area contributed by atoms with Crippen LogP contribution in [-0.2, 0) is 0 Å². The summed E-state index contributed by atoms with van der Waals surface area (Å²) in [5.41, 5.74) is 6.12. The molecule has 0 aromatic heterocycles. The van der Waals surface area contributed by atoms with E-state index in [9.17, 15) is 9.18 Å². The summed E-state index contributed by atoms with van der Waals surface area (Å²) in [6, 6.07) is 5.92. The van der Waals surface area contributed by atoms with Crippen molar-refractivity contribution in [3.05, 3.63) is 35.6 Å². The quantitative estimate of drug-likeness (QED) is 0.796. The fourth-order valence-electron chi connectivity index (χ4n) is 2.52. The molecule has 0 bridgehead atoms. The zero-order valence-corrected chi connectivity index (χ0v) is 9.16. The standard InChI is InChI=1S/C13H16FNO/c14-11-5-1-3-9(7-11)13(16)12-6-2-4-10(12)8-15/h1,3,5,7,10,12H,2,4,6,8,15H2. The molecule has 2 nitrogen and oxygen atoms in total. The van der Waals surface area contributed by atoms with Gasteiger partial charge in [-0.25, -0.2) is 4.39 Å². The van der Waals surface area contributed by atoms with Crippen LogP contribution < -0.4 is 5.73 Å². The SMILES string of the molecule is NCC1CCCC1C(=O)c1cccc(F)c1. The van der Waals surface area contributed by atoms with Crippen LogP contribution in [0.5, 0.6) is 0 Å². The number of benzene rings is 1. The van der Waals surface area contributed by atoms with Crippen LogP contribution in [0.25, 0.3) is 0 Å². The first-order valence-corrected chi connectivity index (χ1v) is 5.72. The van der Waals surface area contributed by atoms with E-state index in [1.165, 1.54) is 12.1 Å². The van der Waals surface area contributed by atoms with Gasteiger partial charge in [0.1, 0.15) is 5.82 Å². The minimum absolute atomic E-state index is 0.00759. The normalized spacial score (nSPS) is 24.6. The van der Waals surface area contributed by atoms with Gasteiger partial charge in [0, 0.05) is 11.5 Å². The van der Waals surface area contributed by atoms with E-state index in [2.05, 4.69) is 0 Å². The third-order valence-corrected chi connectivity index (χ3v) is 3.41. The van der Waals surface area contributed by atoms with Crippen molar-refractivity contribution in [1.29, 1.82) is 0 Å². The molecule has 0 spiro atoms. The van der Waals surface area contributed by atoms with Gasteiger partial charge in [-0.05, 0) is 37.4 Å². The highest BCUT2D eigenvalue weighted by molar-refractivity contribution is 5.98. The summed E-state index contributed by atoms with van der Waals surface area (Å²) < 4.78 is 13.0. The summed E-state index contributed by atoms with van der Waals surface area (Å²) in [5.74, 6) is -0.0387. The molecular formula is C13H16FNO. The van der Waals surface area contributed by atoms with E-state index in [0.717, 1.165) is 19.3 Å². The molecule has 1 aliphatic carbocycles. The van der Waals surface area contributed by atoms with E-state index >= 15 is 0 Å². The largest absolute Gasteiger partial charge is 0.330 e. The Morgan fingerprint density at radius 2 is 2.25 bits per heavy atom. The molecule has 0 saturated heterocycles. The molecule has 1 aromatic carbocycles. The van der Waals surface area contributed by atoms with Crippen molar-refractivity contribution in [2.24, 2.45) is 17.6 Å². The molecule has 1 fully saturated rings. The fraction of sp³-hybridized carbons (Fsp3) is 0.462. The van der Waals surface area contributed by atoms with Crippen LogP contribution in [0, 0.1) is 17.7 Å². The van der Waals surface area contributed by atoms with Crippen LogP contribution in [0.2, 0.25) is 0 Å². The minimum atomic E-state index is -0.354. The summed E-state index contributed by atoms with van der Waals surface area (Å²) in [4.78, 5) is 12.1. The van der Waals surface area contributed by atoms with Crippen LogP contribution in [-0.4, -0.2) is 12.3 Å². The predicted octanol–water partition coefficient (Wildman–Crippen LogP) is 2.38. The van der Waals surface area contributed by atoms with Gasteiger partial charge in [-0.2, -0.15) is 0 Å². The van der Waals surface area contributed by atoms with Gasteiger partial charge in [-0.1, -0.05) is 18.6 Å². The lowest BCUT2D eigenvalue weighted by molar-refractivity contribution is 0.0893. The van der Waals surface area contributed by atoms with E-state index in [-0.39, 0.29) is 23.4 Å². The molecule has 0 radical (unpaired) electrons. The number of hydrogen-bond donors (Lipinski definition) is 1. The number of rotatable bonds is 3. The molecule has 2 atom stereocenters. The third kappa shape index (κ3) is 2.14. The Bertz CT molecular complexity index is 391. The van der Waals surface area contributed by atoms with Crippen molar-refractivity contribution in [2.45, 2.75) is 19.3 Å². The van der Waals surface area contributed by atoms with Crippen molar-refractivity contribution in [3.63, 3.8) is 0 Å². The van der Waals surface area contributed by atoms with Crippen molar-refractivity contribution in [1.82, 2.24) is 0 Å². The molecule has 0 amide bonds. The molecule has 2 rings (SSSR count). The van der Waals surface area contributed by atoms with Crippen molar-refractivity contribution in [3.8, 4) is 0 Å². The maximum absolute atomic E-state index is 13.0. The second-order valence-corrected chi connectivity index (χ2v) is 4.41. The van der Waals surface area contributed by atoms with Gasteiger partial charge >= 0.3 is 0 Å². The first-order valence-electron chi connectivity index (χ1n) is 5.72. The lowest BCUT2D eigenvalue weighted by Crippen LogP contribution is -2.25. The smallest absolute Gasteiger partial charge is 0.166 e. The summed E-state index contributed by atoms with van der Waals surface area (Å²) in [6.45, 7) is 0.547. The Kier molecular flexibility index (Phi) is 3.34. The van der Waals surface area contributed by atoms with E-state index in [4.69, 9.17) is 5.73 Å². The van der Waals surface area contributed by atoms with Crippen molar-refractivity contribution < 1.29 is 9.18 Å². The van der Waals surface area contributed by atoms with Crippen molar-refractivity contribution >= 4 is 5.78 Å². The molecule has 0 aliphatic heterocycles. The molecule has 16 heavy (non-hydrogen) atoms. The Morgan fingerprint density at radius 1 is 1.44 bits per heavy atom. The van der Waals surface area contributed by atoms with Gasteiger partial charge in [0.05, 0.1) is 0 Å². The van der Waals surface area contributed by atoms with Crippen LogP contribution in [0.4, 0.5) is 4.39 Å². The maximum atomic E-state index is 13.0. The molecule has 1 saturated carbocycles. The topological polar surface area (TPSA) is 43.1 Å². The zero-order chi connectivity index (χ0) is 11.5. The third-order valence-electron chi connectivity index (χ3n) is 3.41. The molecule has 86 valence electrons. The van der Waals surface area contributed by atoms with Crippen LogP contribution in [0.1, 0.15) is 29.6 Å². The molecule has 2 unspecified atom stereocenters. The summed E-state index contributed by atoms with van der Waals surface area (Å²) in [6.07, 6.45) is 2.95. The van der Waals surface area contributed by atoms with E-state index < -0.39 is 0 Å². The monoisotopic (exact) mass is 221 g/mol. The highest BCUT2D eigenvalue weighted by Gasteiger charge is 2.32. The van der Waals surface area contributed by atoms with Gasteiger partial charge in [0.15, 0.2) is 5.78 Å². The van der Waals surface area contributed by atoms with Gasteiger partial charge in [0.2, 0.25) is 0 Å². The Labute approximate surface area is 94.6 Å². The number of halogens is 1. The highest BCUT2D eigenvalue weighted by Crippen LogP contribution is 2.33. The fourth-order valence-corrected chi connectivity index (χ4v) is 2.52. The predicted molar refractivity (Wildman–Crippen MR) is 60.6 cm³/mol. The zero-order valence-electron chi connectivity index (χ0n) is 9.16. The lowest BCUT2D eigenvalue weighted by atomic mass is 9.88.